The molecule has 0 aliphatic rings. The lowest BCUT2D eigenvalue weighted by Gasteiger charge is -2.05. The van der Waals surface area contributed by atoms with Gasteiger partial charge in [0.25, 0.3) is 0 Å². The van der Waals surface area contributed by atoms with Gasteiger partial charge in [0.1, 0.15) is 0 Å². The van der Waals surface area contributed by atoms with Gasteiger partial charge in [-0.1, -0.05) is 6.07 Å². The number of hydrogen-bond acceptors (Lipinski definition) is 3. The third-order valence-corrected chi connectivity index (χ3v) is 3.56. The minimum absolute atomic E-state index is 0.748. The van der Waals surface area contributed by atoms with Crippen LogP contribution in [0, 0.1) is 6.92 Å². The highest BCUT2D eigenvalue weighted by molar-refractivity contribution is 7.98. The standard InChI is InChI=1S/C11H15N3S/c1-8-9(7-15-5-4-12)2-3-11-10(8)6-13-14-11/h2-3,6H,4-5,7,12H2,1H3,(H,13,14). The summed E-state index contributed by atoms with van der Waals surface area (Å²) in [6.45, 7) is 2.90. The molecule has 0 bridgehead atoms. The van der Waals surface area contributed by atoms with Gasteiger partial charge >= 0.3 is 0 Å². The summed E-state index contributed by atoms with van der Waals surface area (Å²) in [6.07, 6.45) is 1.89. The van der Waals surface area contributed by atoms with Gasteiger partial charge in [0.15, 0.2) is 0 Å². The fourth-order valence-corrected chi connectivity index (χ4v) is 2.47. The summed E-state index contributed by atoms with van der Waals surface area (Å²) in [5.41, 5.74) is 9.28. The van der Waals surface area contributed by atoms with Crippen LogP contribution in [0.3, 0.4) is 0 Å². The van der Waals surface area contributed by atoms with Crippen LogP contribution in [0.15, 0.2) is 18.3 Å². The average Bonchev–Trinajstić information content (AvgIpc) is 2.70. The Morgan fingerprint density at radius 3 is 3.13 bits per heavy atom. The molecule has 3 nitrogen and oxygen atoms in total. The molecule has 0 atom stereocenters. The molecule has 0 spiro atoms. The van der Waals surface area contributed by atoms with Crippen molar-refractivity contribution in [2.45, 2.75) is 12.7 Å². The second-order valence-corrected chi connectivity index (χ2v) is 4.63. The molecule has 0 saturated heterocycles. The SMILES string of the molecule is Cc1c(CSCCN)ccc2[nH]ncc12. The van der Waals surface area contributed by atoms with Crippen LogP contribution in [0.2, 0.25) is 0 Å². The third kappa shape index (κ3) is 2.16. The number of thioether (sulfide) groups is 1. The maximum atomic E-state index is 5.47. The number of aromatic amines is 1. The molecule has 80 valence electrons. The smallest absolute Gasteiger partial charge is 0.0653 e. The molecule has 2 rings (SSSR count). The number of fused-ring (bicyclic) bond motifs is 1. The van der Waals surface area contributed by atoms with E-state index < -0.39 is 0 Å². The molecule has 0 unspecified atom stereocenters. The van der Waals surface area contributed by atoms with Gasteiger partial charge in [-0.25, -0.2) is 0 Å². The summed E-state index contributed by atoms with van der Waals surface area (Å²) < 4.78 is 0. The molecule has 2 aromatic rings. The summed E-state index contributed by atoms with van der Waals surface area (Å²) in [6, 6.07) is 4.26. The van der Waals surface area contributed by atoms with Crippen LogP contribution in [-0.4, -0.2) is 22.5 Å². The van der Waals surface area contributed by atoms with Gasteiger partial charge in [-0.05, 0) is 24.1 Å². The Labute approximate surface area is 93.4 Å². The molecule has 1 aromatic carbocycles. The Hall–Kier alpha value is -1.00. The number of nitrogens with zero attached hydrogens (tertiary/aromatic N) is 1. The summed E-state index contributed by atoms with van der Waals surface area (Å²) in [7, 11) is 0. The maximum Gasteiger partial charge on any atom is 0.0653 e. The molecule has 0 radical (unpaired) electrons. The van der Waals surface area contributed by atoms with Crippen molar-refractivity contribution in [1.82, 2.24) is 10.2 Å². The number of rotatable bonds is 4. The zero-order chi connectivity index (χ0) is 10.7. The normalized spacial score (nSPS) is 11.1. The number of aryl methyl sites for hydroxylation is 1. The molecular formula is C11H15N3S. The maximum absolute atomic E-state index is 5.47. The second kappa shape index (κ2) is 4.68. The predicted molar refractivity (Wildman–Crippen MR) is 66.0 cm³/mol. The van der Waals surface area contributed by atoms with Crippen LogP contribution < -0.4 is 5.73 Å². The van der Waals surface area contributed by atoms with Crippen molar-refractivity contribution < 1.29 is 0 Å². The van der Waals surface area contributed by atoms with Crippen molar-refractivity contribution >= 4 is 22.7 Å². The highest BCUT2D eigenvalue weighted by Crippen LogP contribution is 2.23. The Balaban J connectivity index is 2.23. The number of hydrogen-bond donors (Lipinski definition) is 2. The summed E-state index contributed by atoms with van der Waals surface area (Å²) in [5.74, 6) is 2.05. The first-order chi connectivity index (χ1) is 7.33. The Morgan fingerprint density at radius 2 is 2.33 bits per heavy atom. The Morgan fingerprint density at radius 1 is 1.47 bits per heavy atom. The molecule has 0 fully saturated rings. The zero-order valence-electron chi connectivity index (χ0n) is 8.79. The van der Waals surface area contributed by atoms with Crippen LogP contribution in [0.4, 0.5) is 0 Å². The van der Waals surface area contributed by atoms with E-state index in [4.69, 9.17) is 5.73 Å². The third-order valence-electron chi connectivity index (χ3n) is 2.53. The van der Waals surface area contributed by atoms with Gasteiger partial charge in [-0.3, -0.25) is 5.10 Å². The van der Waals surface area contributed by atoms with Crippen molar-refractivity contribution in [3.8, 4) is 0 Å². The van der Waals surface area contributed by atoms with Crippen LogP contribution >= 0.6 is 11.8 Å². The van der Waals surface area contributed by atoms with Crippen LogP contribution in [-0.2, 0) is 5.75 Å². The highest BCUT2D eigenvalue weighted by atomic mass is 32.2. The van der Waals surface area contributed by atoms with Gasteiger partial charge in [-0.2, -0.15) is 16.9 Å². The number of aromatic nitrogens is 2. The largest absolute Gasteiger partial charge is 0.330 e. The zero-order valence-corrected chi connectivity index (χ0v) is 9.60. The van der Waals surface area contributed by atoms with E-state index in [1.165, 1.54) is 16.5 Å². The first-order valence-corrected chi connectivity index (χ1v) is 6.18. The molecule has 1 aromatic heterocycles. The van der Waals surface area contributed by atoms with Gasteiger partial charge in [0.2, 0.25) is 0 Å². The average molecular weight is 221 g/mol. The molecule has 4 heteroatoms. The Bertz CT molecular complexity index is 450. The predicted octanol–water partition coefficient (Wildman–Crippen LogP) is 2.06. The van der Waals surface area contributed by atoms with E-state index in [0.717, 1.165) is 23.6 Å². The van der Waals surface area contributed by atoms with Crippen molar-refractivity contribution in [1.29, 1.82) is 0 Å². The minimum Gasteiger partial charge on any atom is -0.330 e. The number of nitrogens with two attached hydrogens (primary N) is 1. The van der Waals surface area contributed by atoms with Crippen molar-refractivity contribution in [2.75, 3.05) is 12.3 Å². The molecule has 0 aliphatic carbocycles. The van der Waals surface area contributed by atoms with E-state index in [-0.39, 0.29) is 0 Å². The molecule has 0 aliphatic heterocycles. The molecular weight excluding hydrogens is 206 g/mol. The lowest BCUT2D eigenvalue weighted by Crippen LogP contribution is -2.01. The van der Waals surface area contributed by atoms with E-state index in [0.29, 0.717) is 0 Å². The highest BCUT2D eigenvalue weighted by Gasteiger charge is 2.04. The van der Waals surface area contributed by atoms with E-state index in [9.17, 15) is 0 Å². The lowest BCUT2D eigenvalue weighted by molar-refractivity contribution is 1.12. The van der Waals surface area contributed by atoms with Crippen molar-refractivity contribution in [2.24, 2.45) is 5.73 Å². The first-order valence-electron chi connectivity index (χ1n) is 5.02. The molecule has 0 amide bonds. The topological polar surface area (TPSA) is 54.7 Å². The van der Waals surface area contributed by atoms with E-state index in [2.05, 4.69) is 29.3 Å². The number of H-pyrrole nitrogens is 1. The van der Waals surface area contributed by atoms with E-state index in [1.807, 2.05) is 18.0 Å². The quantitative estimate of drug-likeness (QED) is 0.777. The van der Waals surface area contributed by atoms with Crippen molar-refractivity contribution in [3.63, 3.8) is 0 Å². The minimum atomic E-state index is 0.748. The van der Waals surface area contributed by atoms with Crippen LogP contribution in [0.1, 0.15) is 11.1 Å². The van der Waals surface area contributed by atoms with Gasteiger partial charge in [-0.15, -0.1) is 0 Å². The van der Waals surface area contributed by atoms with E-state index >= 15 is 0 Å². The van der Waals surface area contributed by atoms with E-state index in [1.54, 1.807) is 0 Å². The molecule has 15 heavy (non-hydrogen) atoms. The summed E-state index contributed by atoms with van der Waals surface area (Å²) >= 11 is 1.88. The lowest BCUT2D eigenvalue weighted by atomic mass is 10.1. The number of benzene rings is 1. The van der Waals surface area contributed by atoms with Gasteiger partial charge < -0.3 is 5.73 Å². The number of nitrogens with one attached hydrogen (secondary N) is 1. The van der Waals surface area contributed by atoms with Crippen LogP contribution in [0.5, 0.6) is 0 Å². The van der Waals surface area contributed by atoms with Crippen molar-refractivity contribution in [3.05, 3.63) is 29.5 Å². The fraction of sp³-hybridized carbons (Fsp3) is 0.364. The fourth-order valence-electron chi connectivity index (χ4n) is 1.63. The summed E-state index contributed by atoms with van der Waals surface area (Å²) in [5, 5.41) is 8.25. The first kappa shape index (κ1) is 10.5. The monoisotopic (exact) mass is 221 g/mol. The Kier molecular flexibility index (Phi) is 3.28. The van der Waals surface area contributed by atoms with Gasteiger partial charge in [0, 0.05) is 23.4 Å². The summed E-state index contributed by atoms with van der Waals surface area (Å²) in [4.78, 5) is 0. The van der Waals surface area contributed by atoms with Crippen LogP contribution in [0.25, 0.3) is 10.9 Å². The molecule has 0 saturated carbocycles. The molecule has 1 heterocycles. The molecule has 3 N–H and O–H groups in total. The van der Waals surface area contributed by atoms with Gasteiger partial charge in [0.05, 0.1) is 11.7 Å². The second-order valence-electron chi connectivity index (χ2n) is 3.52.